The number of benzene rings is 1. The quantitative estimate of drug-likeness (QED) is 0.773. The van der Waals surface area contributed by atoms with Crippen molar-refractivity contribution in [2.75, 3.05) is 0 Å². The first-order valence-electron chi connectivity index (χ1n) is 6.58. The van der Waals surface area contributed by atoms with Crippen LogP contribution in [0.5, 0.6) is 0 Å². The van der Waals surface area contributed by atoms with Gasteiger partial charge in [0.2, 0.25) is 0 Å². The van der Waals surface area contributed by atoms with Gasteiger partial charge in [-0.1, -0.05) is 0 Å². The minimum Gasteiger partial charge on any atom is -0.459 e. The molecule has 1 fully saturated rings. The maximum Gasteiger partial charge on any atom is 0.195 e. The smallest absolute Gasteiger partial charge is 0.195 e. The number of hydrogen-bond donors (Lipinski definition) is 0. The van der Waals surface area contributed by atoms with Gasteiger partial charge in [-0.25, -0.2) is 0 Å². The lowest BCUT2D eigenvalue weighted by molar-refractivity contribution is 0.101. The molecule has 0 aliphatic heterocycles. The second-order valence-electron chi connectivity index (χ2n) is 5.44. The molecule has 0 N–H and O–H groups in total. The zero-order valence-corrected chi connectivity index (χ0v) is 11.4. The third-order valence-electron chi connectivity index (χ3n) is 3.73. The van der Waals surface area contributed by atoms with Gasteiger partial charge in [0, 0.05) is 11.5 Å². The highest BCUT2D eigenvalue weighted by molar-refractivity contribution is 6.05. The van der Waals surface area contributed by atoms with Gasteiger partial charge in [0.25, 0.3) is 0 Å². The summed E-state index contributed by atoms with van der Waals surface area (Å²) in [5.74, 6) is 1.06. The number of carbonyl (C=O) groups is 1. The largest absolute Gasteiger partial charge is 0.459 e. The normalized spacial score (nSPS) is 14.9. The van der Waals surface area contributed by atoms with E-state index >= 15 is 0 Å². The molecule has 1 aliphatic rings. The van der Waals surface area contributed by atoms with Crippen molar-refractivity contribution in [1.29, 1.82) is 0 Å². The monoisotopic (exact) mass is 256 g/mol. The highest BCUT2D eigenvalue weighted by atomic mass is 16.3. The molecule has 1 heterocycles. The van der Waals surface area contributed by atoms with E-state index in [1.165, 1.54) is 6.92 Å². The Balaban J connectivity index is 2.45. The topological polar surface area (TPSA) is 47.3 Å². The summed E-state index contributed by atoms with van der Waals surface area (Å²) in [4.78, 5) is 24.2. The Kier molecular flexibility index (Phi) is 2.59. The summed E-state index contributed by atoms with van der Waals surface area (Å²) in [6, 6.07) is 3.59. The van der Waals surface area contributed by atoms with Crippen LogP contribution in [0.1, 0.15) is 52.9 Å². The minimum atomic E-state index is -0.0672. The maximum absolute atomic E-state index is 12.4. The zero-order valence-electron chi connectivity index (χ0n) is 11.4. The molecule has 0 radical (unpaired) electrons. The van der Waals surface area contributed by atoms with Crippen molar-refractivity contribution < 1.29 is 9.21 Å². The highest BCUT2D eigenvalue weighted by Crippen LogP contribution is 2.42. The maximum atomic E-state index is 12.4. The summed E-state index contributed by atoms with van der Waals surface area (Å²) >= 11 is 0. The third-order valence-corrected chi connectivity index (χ3v) is 3.73. The predicted octanol–water partition coefficient (Wildman–Crippen LogP) is 3.49. The third kappa shape index (κ3) is 1.89. The van der Waals surface area contributed by atoms with Crippen molar-refractivity contribution in [3.8, 4) is 0 Å². The molecule has 1 aliphatic carbocycles. The van der Waals surface area contributed by atoms with Crippen LogP contribution in [0.25, 0.3) is 11.0 Å². The van der Waals surface area contributed by atoms with E-state index in [4.69, 9.17) is 4.42 Å². The number of hydrogen-bond acceptors (Lipinski definition) is 3. The van der Waals surface area contributed by atoms with Crippen LogP contribution in [-0.2, 0) is 0 Å². The molecule has 3 nitrogen and oxygen atoms in total. The molecule has 0 spiro atoms. The van der Waals surface area contributed by atoms with Gasteiger partial charge in [-0.2, -0.15) is 0 Å². The molecule has 98 valence electrons. The molecular formula is C16H16O3. The van der Waals surface area contributed by atoms with E-state index in [0.717, 1.165) is 24.2 Å². The lowest BCUT2D eigenvalue weighted by Gasteiger charge is -2.09. The molecule has 1 aromatic heterocycles. The average molecular weight is 256 g/mol. The minimum absolute atomic E-state index is 0.00523. The zero-order chi connectivity index (χ0) is 13.7. The van der Waals surface area contributed by atoms with Crippen LogP contribution in [0, 0.1) is 13.8 Å². The second kappa shape index (κ2) is 4.05. The summed E-state index contributed by atoms with van der Waals surface area (Å²) in [7, 11) is 0. The van der Waals surface area contributed by atoms with Crippen molar-refractivity contribution in [2.45, 2.75) is 39.5 Å². The summed E-state index contributed by atoms with van der Waals surface area (Å²) in [5, 5.41) is 0.520. The molecule has 0 atom stereocenters. The summed E-state index contributed by atoms with van der Waals surface area (Å²) in [6.07, 6.45) is 2.13. The van der Waals surface area contributed by atoms with E-state index in [9.17, 15) is 9.59 Å². The number of ketones is 1. The first-order valence-corrected chi connectivity index (χ1v) is 6.58. The standard InChI is InChI=1S/C16H16O3/c1-8-6-12(10(3)17)16-13(7-8)14(18)9(2)15(19-16)11-4-5-11/h6-7,11H,4-5H2,1-3H3. The Morgan fingerprint density at radius 2 is 1.95 bits per heavy atom. The van der Waals surface area contributed by atoms with Gasteiger partial charge in [0.15, 0.2) is 11.2 Å². The van der Waals surface area contributed by atoms with Crippen molar-refractivity contribution in [1.82, 2.24) is 0 Å². The van der Waals surface area contributed by atoms with Gasteiger partial charge in [-0.3, -0.25) is 9.59 Å². The summed E-state index contributed by atoms with van der Waals surface area (Å²) < 4.78 is 5.92. The predicted molar refractivity (Wildman–Crippen MR) is 73.9 cm³/mol. The number of carbonyl (C=O) groups excluding carboxylic acids is 1. The molecule has 2 aromatic rings. The molecule has 19 heavy (non-hydrogen) atoms. The molecule has 0 amide bonds. The van der Waals surface area contributed by atoms with Gasteiger partial charge in [-0.15, -0.1) is 0 Å². The molecule has 3 rings (SSSR count). The van der Waals surface area contributed by atoms with Gasteiger partial charge >= 0.3 is 0 Å². The number of fused-ring (bicyclic) bond motifs is 1. The first-order chi connectivity index (χ1) is 8.99. The Morgan fingerprint density at radius 3 is 2.53 bits per heavy atom. The van der Waals surface area contributed by atoms with E-state index in [0.29, 0.717) is 28.0 Å². The Morgan fingerprint density at radius 1 is 1.26 bits per heavy atom. The van der Waals surface area contributed by atoms with Gasteiger partial charge < -0.3 is 4.42 Å². The van der Waals surface area contributed by atoms with Crippen LogP contribution in [0.15, 0.2) is 21.3 Å². The van der Waals surface area contributed by atoms with Crippen LogP contribution in [0.4, 0.5) is 0 Å². The lowest BCUT2D eigenvalue weighted by Crippen LogP contribution is -2.11. The van der Waals surface area contributed by atoms with Gasteiger partial charge in [-0.05, 0) is 51.3 Å². The van der Waals surface area contributed by atoms with Crippen LogP contribution in [-0.4, -0.2) is 5.78 Å². The Labute approximate surface area is 111 Å². The number of rotatable bonds is 2. The molecule has 0 saturated heterocycles. The summed E-state index contributed by atoms with van der Waals surface area (Å²) in [5.41, 5.74) is 2.55. The van der Waals surface area contributed by atoms with Crippen LogP contribution < -0.4 is 5.43 Å². The lowest BCUT2D eigenvalue weighted by atomic mass is 10.0. The van der Waals surface area contributed by atoms with E-state index in [-0.39, 0.29) is 11.2 Å². The fraction of sp³-hybridized carbons (Fsp3) is 0.375. The van der Waals surface area contributed by atoms with E-state index < -0.39 is 0 Å². The summed E-state index contributed by atoms with van der Waals surface area (Å²) in [6.45, 7) is 5.20. The second-order valence-corrected chi connectivity index (χ2v) is 5.44. The molecule has 3 heteroatoms. The first kappa shape index (κ1) is 12.2. The Hall–Kier alpha value is -1.90. The highest BCUT2D eigenvalue weighted by Gasteiger charge is 2.30. The van der Waals surface area contributed by atoms with Crippen LogP contribution in [0.3, 0.4) is 0 Å². The van der Waals surface area contributed by atoms with Crippen LogP contribution in [0.2, 0.25) is 0 Å². The molecule has 1 saturated carbocycles. The van der Waals surface area contributed by atoms with E-state index in [2.05, 4.69) is 0 Å². The molecule has 1 aromatic carbocycles. The fourth-order valence-corrected chi connectivity index (χ4v) is 2.55. The van der Waals surface area contributed by atoms with Crippen molar-refractivity contribution in [3.05, 3.63) is 44.8 Å². The fourth-order valence-electron chi connectivity index (χ4n) is 2.55. The molecule has 0 unspecified atom stereocenters. The molecular weight excluding hydrogens is 240 g/mol. The average Bonchev–Trinajstić information content (AvgIpc) is 3.17. The van der Waals surface area contributed by atoms with E-state index in [1.807, 2.05) is 13.8 Å². The van der Waals surface area contributed by atoms with Gasteiger partial charge in [0.1, 0.15) is 11.3 Å². The van der Waals surface area contributed by atoms with Crippen molar-refractivity contribution in [2.24, 2.45) is 0 Å². The van der Waals surface area contributed by atoms with Crippen molar-refractivity contribution >= 4 is 16.8 Å². The SMILES string of the molecule is CC(=O)c1cc(C)cc2c(=O)c(C)c(C3CC3)oc12. The van der Waals surface area contributed by atoms with Crippen LogP contribution >= 0.6 is 0 Å². The van der Waals surface area contributed by atoms with Gasteiger partial charge in [0.05, 0.1) is 10.9 Å². The number of Topliss-reactive ketones (excluding diaryl/α,β-unsaturated/α-hetero) is 1. The Bertz CT molecular complexity index is 749. The van der Waals surface area contributed by atoms with Crippen molar-refractivity contribution in [3.63, 3.8) is 0 Å². The molecule has 0 bridgehead atoms. The number of aryl methyl sites for hydroxylation is 1. The van der Waals surface area contributed by atoms with E-state index in [1.54, 1.807) is 12.1 Å².